The van der Waals surface area contributed by atoms with E-state index in [1.165, 1.54) is 12.1 Å². The number of nitrogens with zero attached hydrogens (tertiary/aromatic N) is 4. The number of Topliss-reactive ketones (excluding diaryl/α,β-unsaturated/α-hetero) is 1. The molecule has 0 unspecified atom stereocenters. The van der Waals surface area contributed by atoms with Crippen molar-refractivity contribution in [3.8, 4) is 11.3 Å². The summed E-state index contributed by atoms with van der Waals surface area (Å²) in [7, 11) is 0. The quantitative estimate of drug-likeness (QED) is 0.344. The molecule has 3 aromatic heterocycles. The Morgan fingerprint density at radius 3 is 2.66 bits per heavy atom. The second-order valence-electron chi connectivity index (χ2n) is 9.25. The zero-order valence-corrected chi connectivity index (χ0v) is 19.5. The van der Waals surface area contributed by atoms with Gasteiger partial charge in [-0.25, -0.2) is 9.37 Å². The number of imidazole rings is 1. The van der Waals surface area contributed by atoms with Crippen LogP contribution >= 0.6 is 0 Å². The Morgan fingerprint density at radius 1 is 1.09 bits per heavy atom. The monoisotopic (exact) mass is 467 g/mol. The van der Waals surface area contributed by atoms with E-state index in [2.05, 4.69) is 24.4 Å². The standard InChI is InChI=1S/C28H26FN5O/c1-18-31-24-16-30-13-10-25(24)34(18)21-11-14-33(15-12-21)17-26(35)27-22-4-2-3-5-23(22)32-28(27)19-6-8-20(29)9-7-19/h2-10,13,16,21,32H,11-12,14-15,17H2,1H3. The van der Waals surface area contributed by atoms with Gasteiger partial charge in [0.2, 0.25) is 0 Å². The number of benzene rings is 2. The minimum Gasteiger partial charge on any atom is -0.354 e. The van der Waals surface area contributed by atoms with E-state index in [1.54, 1.807) is 12.1 Å². The SMILES string of the molecule is Cc1nc2cnccc2n1C1CCN(CC(=O)c2c(-c3ccc(F)cc3)[nH]c3ccccc23)CC1. The molecule has 6 nitrogen and oxygen atoms in total. The Labute approximate surface area is 202 Å². The molecule has 1 saturated heterocycles. The number of ketones is 1. The first-order valence-corrected chi connectivity index (χ1v) is 12.0. The van der Waals surface area contributed by atoms with Gasteiger partial charge < -0.3 is 9.55 Å². The first kappa shape index (κ1) is 21.7. The third-order valence-electron chi connectivity index (χ3n) is 7.08. The van der Waals surface area contributed by atoms with Gasteiger partial charge in [0.25, 0.3) is 0 Å². The number of nitrogens with one attached hydrogen (secondary N) is 1. The number of likely N-dealkylation sites (tertiary alicyclic amines) is 1. The zero-order chi connectivity index (χ0) is 23.9. The highest BCUT2D eigenvalue weighted by Crippen LogP contribution is 2.32. The fourth-order valence-corrected chi connectivity index (χ4v) is 5.41. The highest BCUT2D eigenvalue weighted by atomic mass is 19.1. The van der Waals surface area contributed by atoms with Gasteiger partial charge in [-0.2, -0.15) is 0 Å². The van der Waals surface area contributed by atoms with Gasteiger partial charge in [0.1, 0.15) is 17.2 Å². The number of piperidine rings is 1. The van der Waals surface area contributed by atoms with E-state index in [-0.39, 0.29) is 11.6 Å². The van der Waals surface area contributed by atoms with Gasteiger partial charge in [-0.1, -0.05) is 18.2 Å². The lowest BCUT2D eigenvalue weighted by Gasteiger charge is -2.33. The van der Waals surface area contributed by atoms with Crippen molar-refractivity contribution >= 4 is 27.7 Å². The molecule has 6 rings (SSSR count). The Bertz CT molecular complexity index is 1530. The molecule has 1 N–H and O–H groups in total. The molecular weight excluding hydrogens is 441 g/mol. The molecule has 0 bridgehead atoms. The number of pyridine rings is 1. The Hall–Kier alpha value is -3.84. The van der Waals surface area contributed by atoms with Crippen LogP contribution < -0.4 is 0 Å². The number of aryl methyl sites for hydroxylation is 1. The average Bonchev–Trinajstić information content (AvgIpc) is 3.42. The van der Waals surface area contributed by atoms with Crippen molar-refractivity contribution < 1.29 is 9.18 Å². The molecule has 2 aromatic carbocycles. The summed E-state index contributed by atoms with van der Waals surface area (Å²) in [5.41, 5.74) is 5.19. The van der Waals surface area contributed by atoms with Crippen molar-refractivity contribution in [2.45, 2.75) is 25.8 Å². The number of halogens is 1. The van der Waals surface area contributed by atoms with Crippen molar-refractivity contribution in [1.29, 1.82) is 0 Å². The summed E-state index contributed by atoms with van der Waals surface area (Å²) in [5, 5.41) is 0.904. The lowest BCUT2D eigenvalue weighted by atomic mass is 9.99. The summed E-state index contributed by atoms with van der Waals surface area (Å²) in [6.45, 7) is 4.09. The van der Waals surface area contributed by atoms with Crippen LogP contribution in [0.5, 0.6) is 0 Å². The van der Waals surface area contributed by atoms with Crippen LogP contribution in [0.15, 0.2) is 67.0 Å². The Morgan fingerprint density at radius 2 is 1.86 bits per heavy atom. The fourth-order valence-electron chi connectivity index (χ4n) is 5.41. The number of fused-ring (bicyclic) bond motifs is 2. The van der Waals surface area contributed by atoms with E-state index >= 15 is 0 Å². The van der Waals surface area contributed by atoms with E-state index in [9.17, 15) is 9.18 Å². The van der Waals surface area contributed by atoms with Crippen LogP contribution in [0.1, 0.15) is 35.1 Å². The third-order valence-corrected chi connectivity index (χ3v) is 7.08. The smallest absolute Gasteiger partial charge is 0.179 e. The summed E-state index contributed by atoms with van der Waals surface area (Å²) in [5.74, 6) is 0.790. The lowest BCUT2D eigenvalue weighted by molar-refractivity contribution is 0.0900. The summed E-state index contributed by atoms with van der Waals surface area (Å²) in [6.07, 6.45) is 5.54. The number of para-hydroxylation sites is 1. The summed E-state index contributed by atoms with van der Waals surface area (Å²) in [6, 6.07) is 16.5. The van der Waals surface area contributed by atoms with Crippen molar-refractivity contribution in [3.63, 3.8) is 0 Å². The largest absolute Gasteiger partial charge is 0.354 e. The van der Waals surface area contributed by atoms with Gasteiger partial charge in [-0.05, 0) is 61.7 Å². The molecule has 176 valence electrons. The van der Waals surface area contributed by atoms with Gasteiger partial charge in [-0.15, -0.1) is 0 Å². The zero-order valence-electron chi connectivity index (χ0n) is 19.5. The van der Waals surface area contributed by atoms with Crippen LogP contribution in [0.2, 0.25) is 0 Å². The molecule has 0 spiro atoms. The van der Waals surface area contributed by atoms with Gasteiger partial charge >= 0.3 is 0 Å². The van der Waals surface area contributed by atoms with E-state index < -0.39 is 0 Å². The number of carbonyl (C=O) groups is 1. The number of hydrogen-bond acceptors (Lipinski definition) is 4. The summed E-state index contributed by atoms with van der Waals surface area (Å²) in [4.78, 5) is 28.1. The molecule has 7 heteroatoms. The number of aromatic nitrogens is 4. The number of carbonyl (C=O) groups excluding carboxylic acids is 1. The summed E-state index contributed by atoms with van der Waals surface area (Å²) >= 11 is 0. The number of aromatic amines is 1. The molecule has 4 heterocycles. The highest BCUT2D eigenvalue weighted by molar-refractivity contribution is 6.14. The van der Waals surface area contributed by atoms with Crippen LogP contribution in [0.4, 0.5) is 4.39 Å². The van der Waals surface area contributed by atoms with Crippen molar-refractivity contribution in [2.24, 2.45) is 0 Å². The van der Waals surface area contributed by atoms with E-state index in [0.717, 1.165) is 64.9 Å². The minimum atomic E-state index is -0.294. The van der Waals surface area contributed by atoms with Crippen molar-refractivity contribution in [3.05, 3.63) is 84.2 Å². The van der Waals surface area contributed by atoms with Crippen LogP contribution in [0.25, 0.3) is 33.2 Å². The maximum Gasteiger partial charge on any atom is 0.179 e. The average molecular weight is 468 g/mol. The maximum absolute atomic E-state index is 13.6. The fraction of sp³-hybridized carbons (Fsp3) is 0.250. The molecule has 5 aromatic rings. The van der Waals surface area contributed by atoms with Crippen LogP contribution in [-0.4, -0.2) is 49.8 Å². The highest BCUT2D eigenvalue weighted by Gasteiger charge is 2.27. The van der Waals surface area contributed by atoms with Crippen LogP contribution in [0, 0.1) is 12.7 Å². The second kappa shape index (κ2) is 8.74. The van der Waals surface area contributed by atoms with Crippen LogP contribution in [-0.2, 0) is 0 Å². The maximum atomic E-state index is 13.6. The summed E-state index contributed by atoms with van der Waals surface area (Å²) < 4.78 is 15.8. The molecule has 0 radical (unpaired) electrons. The first-order valence-electron chi connectivity index (χ1n) is 12.0. The predicted octanol–water partition coefficient (Wildman–Crippen LogP) is 5.55. The first-order chi connectivity index (χ1) is 17.1. The van der Waals surface area contributed by atoms with Gasteiger partial charge in [0.15, 0.2) is 5.78 Å². The number of rotatable bonds is 5. The van der Waals surface area contributed by atoms with Gasteiger partial charge in [-0.3, -0.25) is 14.7 Å². The molecule has 0 saturated carbocycles. The minimum absolute atomic E-state index is 0.0792. The van der Waals surface area contributed by atoms with Crippen LogP contribution in [0.3, 0.4) is 0 Å². The number of H-pyrrole nitrogens is 1. The van der Waals surface area contributed by atoms with E-state index in [0.29, 0.717) is 18.2 Å². The van der Waals surface area contributed by atoms with Gasteiger partial charge in [0, 0.05) is 36.2 Å². The topological polar surface area (TPSA) is 66.8 Å². The lowest BCUT2D eigenvalue weighted by Crippen LogP contribution is -2.38. The predicted molar refractivity (Wildman–Crippen MR) is 135 cm³/mol. The van der Waals surface area contributed by atoms with Gasteiger partial charge in [0.05, 0.1) is 29.5 Å². The number of hydrogen-bond donors (Lipinski definition) is 1. The molecular formula is C28H26FN5O. The molecule has 1 aliphatic heterocycles. The van der Waals surface area contributed by atoms with E-state index in [4.69, 9.17) is 0 Å². The van der Waals surface area contributed by atoms with Crippen molar-refractivity contribution in [1.82, 2.24) is 24.4 Å². The molecule has 0 amide bonds. The Kier molecular flexibility index (Phi) is 5.41. The molecule has 35 heavy (non-hydrogen) atoms. The normalized spacial score (nSPS) is 15.3. The second-order valence-corrected chi connectivity index (χ2v) is 9.25. The Balaban J connectivity index is 1.23. The van der Waals surface area contributed by atoms with Crippen molar-refractivity contribution in [2.75, 3.05) is 19.6 Å². The molecule has 0 aliphatic carbocycles. The van der Waals surface area contributed by atoms with E-state index in [1.807, 2.05) is 49.6 Å². The molecule has 1 aliphatic rings. The third kappa shape index (κ3) is 3.91. The molecule has 0 atom stereocenters. The molecule has 1 fully saturated rings.